The van der Waals surface area contributed by atoms with E-state index in [2.05, 4.69) is 0 Å². The first-order valence-corrected chi connectivity index (χ1v) is 9.96. The number of allylic oxidation sites excluding steroid dienone is 4. The molecule has 0 spiro atoms. The summed E-state index contributed by atoms with van der Waals surface area (Å²) in [4.78, 5) is 0. The zero-order chi connectivity index (χ0) is 19.2. The Morgan fingerprint density at radius 1 is 0.926 bits per heavy atom. The fourth-order valence-electron chi connectivity index (χ4n) is 4.83. The minimum Gasteiger partial charge on any atom is -0.204 e. The Kier molecular flexibility index (Phi) is 6.77. The number of nitriles is 1. The average Bonchev–Trinajstić information content (AvgIpc) is 2.70. The third-order valence-electron chi connectivity index (χ3n) is 6.40. The lowest BCUT2D eigenvalue weighted by molar-refractivity contribution is 0.171. The van der Waals surface area contributed by atoms with E-state index >= 15 is 0 Å². The van der Waals surface area contributed by atoms with E-state index in [9.17, 15) is 13.2 Å². The van der Waals surface area contributed by atoms with Crippen LogP contribution in [0.5, 0.6) is 0 Å². The minimum absolute atomic E-state index is 0.345. The van der Waals surface area contributed by atoms with Crippen LogP contribution in [0, 0.1) is 40.7 Å². The van der Waals surface area contributed by atoms with Crippen molar-refractivity contribution in [3.63, 3.8) is 0 Å². The van der Waals surface area contributed by atoms with Crippen LogP contribution in [0.1, 0.15) is 62.8 Å². The molecule has 2 fully saturated rings. The second kappa shape index (κ2) is 9.26. The van der Waals surface area contributed by atoms with Crippen LogP contribution in [0.15, 0.2) is 42.3 Å². The molecule has 0 radical (unpaired) electrons. The van der Waals surface area contributed by atoms with Crippen LogP contribution < -0.4 is 0 Å². The van der Waals surface area contributed by atoms with Crippen molar-refractivity contribution in [3.05, 3.63) is 59.5 Å². The Balaban J connectivity index is 1.46. The second-order valence-corrected chi connectivity index (χ2v) is 7.97. The van der Waals surface area contributed by atoms with Gasteiger partial charge >= 0.3 is 0 Å². The highest BCUT2D eigenvalue weighted by Gasteiger charge is 2.30. The van der Waals surface area contributed by atoms with Gasteiger partial charge in [-0.25, -0.2) is 8.78 Å². The van der Waals surface area contributed by atoms with Crippen molar-refractivity contribution in [2.45, 2.75) is 57.3 Å². The highest BCUT2D eigenvalue weighted by molar-refractivity contribution is 5.22. The summed E-state index contributed by atoms with van der Waals surface area (Å²) in [6.45, 7) is 0. The van der Waals surface area contributed by atoms with E-state index in [0.29, 0.717) is 11.8 Å². The maximum atomic E-state index is 13.5. The molecule has 1 aromatic rings. The average molecular weight is 373 g/mol. The van der Waals surface area contributed by atoms with Crippen molar-refractivity contribution in [1.29, 1.82) is 5.26 Å². The summed E-state index contributed by atoms with van der Waals surface area (Å²) in [7, 11) is 0. The smallest absolute Gasteiger partial charge is 0.199 e. The van der Waals surface area contributed by atoms with Crippen LogP contribution in [-0.2, 0) is 0 Å². The fraction of sp³-hybridized carbons (Fsp3) is 0.522. The summed E-state index contributed by atoms with van der Waals surface area (Å²) in [5.41, 5.74) is 0.929. The van der Waals surface area contributed by atoms with Crippen LogP contribution in [0.4, 0.5) is 13.2 Å². The van der Waals surface area contributed by atoms with Crippen LogP contribution in [0.25, 0.3) is 0 Å². The summed E-state index contributed by atoms with van der Waals surface area (Å²) in [6, 6.07) is 5.81. The molecule has 144 valence electrons. The third kappa shape index (κ3) is 5.25. The monoisotopic (exact) mass is 373 g/mol. The molecular weight excluding hydrogens is 347 g/mol. The summed E-state index contributed by atoms with van der Waals surface area (Å²) in [5, 5.41) is 8.41. The quantitative estimate of drug-likeness (QED) is 0.413. The Hall–Kier alpha value is -2.02. The van der Waals surface area contributed by atoms with Gasteiger partial charge in [0.25, 0.3) is 0 Å². The van der Waals surface area contributed by atoms with Gasteiger partial charge in [0.05, 0.1) is 0 Å². The van der Waals surface area contributed by atoms with E-state index in [1.807, 2.05) is 6.08 Å². The zero-order valence-corrected chi connectivity index (χ0v) is 15.5. The molecule has 1 nitrogen and oxygen atoms in total. The number of halogens is 3. The van der Waals surface area contributed by atoms with E-state index in [4.69, 9.17) is 5.26 Å². The Morgan fingerprint density at radius 3 is 2.15 bits per heavy atom. The largest absolute Gasteiger partial charge is 0.204 e. The topological polar surface area (TPSA) is 23.8 Å². The SMILES string of the molecule is N#CC(F)=CC=CC1CCC(C2CCC(c3ccc(F)c(F)c3)CC2)CC1. The van der Waals surface area contributed by atoms with E-state index in [1.165, 1.54) is 37.1 Å². The Labute approximate surface area is 159 Å². The van der Waals surface area contributed by atoms with E-state index in [0.717, 1.165) is 55.9 Å². The molecule has 2 aliphatic rings. The molecule has 0 aromatic heterocycles. The normalized spacial score (nSPS) is 29.6. The highest BCUT2D eigenvalue weighted by atomic mass is 19.2. The van der Waals surface area contributed by atoms with Crippen molar-refractivity contribution in [3.8, 4) is 6.07 Å². The van der Waals surface area contributed by atoms with Gasteiger partial charge in [0.2, 0.25) is 0 Å². The van der Waals surface area contributed by atoms with E-state index in [-0.39, 0.29) is 0 Å². The lowest BCUT2D eigenvalue weighted by atomic mass is 9.68. The van der Waals surface area contributed by atoms with Gasteiger partial charge in [0.15, 0.2) is 17.5 Å². The summed E-state index contributed by atoms with van der Waals surface area (Å²) < 4.78 is 39.4. The van der Waals surface area contributed by atoms with Crippen molar-refractivity contribution in [2.75, 3.05) is 0 Å². The Morgan fingerprint density at radius 2 is 1.56 bits per heavy atom. The number of benzene rings is 1. The number of hydrogen-bond acceptors (Lipinski definition) is 1. The number of hydrogen-bond donors (Lipinski definition) is 0. The first kappa shape index (κ1) is 19.7. The van der Waals surface area contributed by atoms with Crippen LogP contribution in [-0.4, -0.2) is 0 Å². The molecule has 0 atom stereocenters. The lowest BCUT2D eigenvalue weighted by Crippen LogP contribution is -2.25. The van der Waals surface area contributed by atoms with Gasteiger partial charge in [-0.15, -0.1) is 0 Å². The van der Waals surface area contributed by atoms with E-state index in [1.54, 1.807) is 12.1 Å². The predicted octanol–water partition coefficient (Wildman–Crippen LogP) is 6.98. The predicted molar refractivity (Wildman–Crippen MR) is 100 cm³/mol. The summed E-state index contributed by atoms with van der Waals surface area (Å²) in [5.74, 6) is 0.0200. The van der Waals surface area contributed by atoms with Crippen LogP contribution >= 0.6 is 0 Å². The third-order valence-corrected chi connectivity index (χ3v) is 6.40. The van der Waals surface area contributed by atoms with Gasteiger partial charge in [-0.1, -0.05) is 18.2 Å². The summed E-state index contributed by atoms with van der Waals surface area (Å²) >= 11 is 0. The molecule has 27 heavy (non-hydrogen) atoms. The first-order valence-electron chi connectivity index (χ1n) is 9.96. The van der Waals surface area contributed by atoms with Crippen molar-refractivity contribution in [2.24, 2.45) is 17.8 Å². The molecule has 0 aliphatic heterocycles. The minimum atomic E-state index is -0.774. The van der Waals surface area contributed by atoms with Gasteiger partial charge < -0.3 is 0 Å². The van der Waals surface area contributed by atoms with Crippen molar-refractivity contribution < 1.29 is 13.2 Å². The second-order valence-electron chi connectivity index (χ2n) is 7.97. The number of nitrogens with zero attached hydrogens (tertiary/aromatic N) is 1. The molecule has 4 heteroatoms. The van der Waals surface area contributed by atoms with Gasteiger partial charge in [-0.3, -0.25) is 0 Å². The van der Waals surface area contributed by atoms with Gasteiger partial charge in [-0.05, 0) is 98.8 Å². The van der Waals surface area contributed by atoms with Crippen LogP contribution in [0.2, 0.25) is 0 Å². The Bertz CT molecular complexity index is 730. The van der Waals surface area contributed by atoms with Gasteiger partial charge in [0, 0.05) is 0 Å². The first-order chi connectivity index (χ1) is 13.1. The molecule has 1 aromatic carbocycles. The molecule has 0 unspecified atom stereocenters. The number of rotatable bonds is 4. The van der Waals surface area contributed by atoms with E-state index < -0.39 is 17.5 Å². The summed E-state index contributed by atoms with van der Waals surface area (Å²) in [6.07, 6.45) is 13.9. The van der Waals surface area contributed by atoms with Crippen molar-refractivity contribution >= 4 is 0 Å². The molecule has 0 N–H and O–H groups in total. The zero-order valence-electron chi connectivity index (χ0n) is 15.5. The molecule has 0 saturated heterocycles. The highest BCUT2D eigenvalue weighted by Crippen LogP contribution is 2.44. The molecule has 0 heterocycles. The fourth-order valence-corrected chi connectivity index (χ4v) is 4.83. The molecule has 0 amide bonds. The maximum Gasteiger partial charge on any atom is 0.199 e. The molecular formula is C23H26F3N. The molecule has 2 saturated carbocycles. The standard InChI is InChI=1S/C23H26F3N/c24-21(15-27)3-1-2-16-4-6-17(7-5-16)18-8-10-19(11-9-18)20-12-13-22(25)23(26)14-20/h1-3,12-14,16-19H,4-11H2. The van der Waals surface area contributed by atoms with Crippen molar-refractivity contribution in [1.82, 2.24) is 0 Å². The molecule has 0 bridgehead atoms. The van der Waals surface area contributed by atoms with Crippen LogP contribution in [0.3, 0.4) is 0 Å². The molecule has 3 rings (SSSR count). The maximum absolute atomic E-state index is 13.5. The lowest BCUT2D eigenvalue weighted by Gasteiger charge is -2.37. The van der Waals surface area contributed by atoms with Gasteiger partial charge in [-0.2, -0.15) is 9.65 Å². The van der Waals surface area contributed by atoms with Gasteiger partial charge in [0.1, 0.15) is 6.07 Å². The molecule has 2 aliphatic carbocycles.